The van der Waals surface area contributed by atoms with Crippen LogP contribution in [0.3, 0.4) is 0 Å². The number of nitrogens with zero attached hydrogens (tertiary/aromatic N) is 1. The summed E-state index contributed by atoms with van der Waals surface area (Å²) in [6.45, 7) is 4.48. The number of rotatable bonds is 8. The fourth-order valence-corrected chi connectivity index (χ4v) is 2.56. The van der Waals surface area contributed by atoms with Crippen molar-refractivity contribution in [2.45, 2.75) is 13.5 Å². The molecule has 0 saturated heterocycles. The average molecular weight is 313 g/mol. The Labute approximate surface area is 127 Å². The van der Waals surface area contributed by atoms with Crippen LogP contribution in [-0.4, -0.2) is 24.8 Å². The van der Waals surface area contributed by atoms with Crippen LogP contribution in [-0.2, 0) is 11.3 Å². The molecule has 1 heterocycles. The van der Waals surface area contributed by atoms with E-state index in [0.717, 1.165) is 16.3 Å². The van der Waals surface area contributed by atoms with Gasteiger partial charge in [-0.2, -0.15) is 0 Å². The molecule has 1 aromatic carbocycles. The molecule has 4 nitrogen and oxygen atoms in total. The molecule has 0 aliphatic rings. The largest absolute Gasteiger partial charge is 0.489 e. The first-order valence-corrected chi connectivity index (χ1v) is 7.62. The van der Waals surface area contributed by atoms with E-state index in [1.54, 1.807) is 6.20 Å². The van der Waals surface area contributed by atoms with E-state index in [4.69, 9.17) is 21.1 Å². The Morgan fingerprint density at radius 3 is 2.90 bits per heavy atom. The van der Waals surface area contributed by atoms with Gasteiger partial charge in [0.05, 0.1) is 18.8 Å². The lowest BCUT2D eigenvalue weighted by Gasteiger charge is -2.12. The summed E-state index contributed by atoms with van der Waals surface area (Å²) in [7, 11) is 0. The van der Waals surface area contributed by atoms with Crippen molar-refractivity contribution in [3.05, 3.63) is 39.8 Å². The molecule has 0 fully saturated rings. The average Bonchev–Trinajstić information content (AvgIpc) is 2.88. The highest BCUT2D eigenvalue weighted by Crippen LogP contribution is 2.25. The van der Waals surface area contributed by atoms with Gasteiger partial charge in [-0.3, -0.25) is 0 Å². The van der Waals surface area contributed by atoms with E-state index in [-0.39, 0.29) is 0 Å². The third-order valence-corrected chi connectivity index (χ3v) is 3.67. The topological polar surface area (TPSA) is 43.4 Å². The molecular weight excluding hydrogens is 296 g/mol. The number of hydrogen-bond acceptors (Lipinski definition) is 5. The van der Waals surface area contributed by atoms with Crippen LogP contribution >= 0.6 is 22.9 Å². The van der Waals surface area contributed by atoms with Crippen molar-refractivity contribution in [1.82, 2.24) is 4.98 Å². The highest BCUT2D eigenvalue weighted by atomic mass is 35.5. The van der Waals surface area contributed by atoms with Gasteiger partial charge in [-0.15, -0.1) is 11.3 Å². The minimum Gasteiger partial charge on any atom is -0.489 e. The molecule has 2 rings (SSSR count). The Kier molecular flexibility index (Phi) is 6.11. The number of aromatic nitrogens is 1. The van der Waals surface area contributed by atoms with Crippen LogP contribution in [0.2, 0.25) is 4.47 Å². The maximum Gasteiger partial charge on any atom is 0.183 e. The summed E-state index contributed by atoms with van der Waals surface area (Å²) in [6.07, 6.45) is 1.78. The Bertz CT molecular complexity index is 533. The van der Waals surface area contributed by atoms with Crippen LogP contribution < -0.4 is 10.1 Å². The molecule has 0 bridgehead atoms. The smallest absolute Gasteiger partial charge is 0.183 e. The van der Waals surface area contributed by atoms with Crippen molar-refractivity contribution in [3.8, 4) is 5.75 Å². The number of ether oxygens (including phenoxy) is 2. The summed E-state index contributed by atoms with van der Waals surface area (Å²) in [5.74, 6) is 0.822. The predicted molar refractivity (Wildman–Crippen MR) is 82.9 cm³/mol. The molecule has 0 radical (unpaired) electrons. The van der Waals surface area contributed by atoms with E-state index in [1.165, 1.54) is 11.3 Å². The van der Waals surface area contributed by atoms with E-state index >= 15 is 0 Å². The minimum atomic E-state index is 0.541. The Morgan fingerprint density at radius 1 is 1.30 bits per heavy atom. The number of halogens is 1. The van der Waals surface area contributed by atoms with Crippen molar-refractivity contribution >= 4 is 28.6 Å². The van der Waals surface area contributed by atoms with Crippen molar-refractivity contribution in [3.63, 3.8) is 0 Å². The predicted octanol–water partition coefficient (Wildman–Crippen LogP) is 3.82. The van der Waals surface area contributed by atoms with Crippen LogP contribution in [0.5, 0.6) is 5.75 Å². The van der Waals surface area contributed by atoms with Gasteiger partial charge in [0, 0.05) is 17.7 Å². The van der Waals surface area contributed by atoms with Crippen LogP contribution in [0, 0.1) is 0 Å². The second kappa shape index (κ2) is 8.09. The molecule has 0 spiro atoms. The summed E-state index contributed by atoms with van der Waals surface area (Å²) < 4.78 is 11.5. The quantitative estimate of drug-likeness (QED) is 0.752. The molecule has 1 N–H and O–H groups in total. The van der Waals surface area contributed by atoms with E-state index < -0.39 is 0 Å². The van der Waals surface area contributed by atoms with Crippen LogP contribution in [0.15, 0.2) is 30.5 Å². The second-order valence-corrected chi connectivity index (χ2v) is 5.67. The summed E-state index contributed by atoms with van der Waals surface area (Å²) in [6, 6.07) is 7.84. The zero-order valence-electron chi connectivity index (χ0n) is 11.3. The standard InChI is InChI=1S/C14H17ClN2O2S/c1-2-18-7-8-19-13-6-4-3-5-12(13)16-9-11-10-17-14(15)20-11/h3-6,10,16H,2,7-9H2,1H3. The first kappa shape index (κ1) is 15.1. The molecule has 0 saturated carbocycles. The van der Waals surface area contributed by atoms with Gasteiger partial charge in [0.15, 0.2) is 4.47 Å². The molecule has 0 atom stereocenters. The van der Waals surface area contributed by atoms with Crippen LogP contribution in [0.4, 0.5) is 5.69 Å². The number of hydrogen-bond donors (Lipinski definition) is 1. The highest BCUT2D eigenvalue weighted by Gasteiger charge is 2.04. The maximum atomic E-state index is 5.81. The highest BCUT2D eigenvalue weighted by molar-refractivity contribution is 7.15. The fourth-order valence-electron chi connectivity index (χ4n) is 1.64. The number of benzene rings is 1. The lowest BCUT2D eigenvalue weighted by Crippen LogP contribution is -2.08. The SMILES string of the molecule is CCOCCOc1ccccc1NCc1cnc(Cl)s1. The molecule has 0 aliphatic heterocycles. The Hall–Kier alpha value is -1.30. The lowest BCUT2D eigenvalue weighted by atomic mass is 10.3. The number of anilines is 1. The summed E-state index contributed by atoms with van der Waals surface area (Å²) >= 11 is 7.28. The van der Waals surface area contributed by atoms with Gasteiger partial charge in [-0.05, 0) is 19.1 Å². The van der Waals surface area contributed by atoms with Gasteiger partial charge in [0.2, 0.25) is 0 Å². The molecule has 1 aromatic heterocycles. The van der Waals surface area contributed by atoms with Gasteiger partial charge in [-0.25, -0.2) is 4.98 Å². The van der Waals surface area contributed by atoms with E-state index in [2.05, 4.69) is 10.3 Å². The monoisotopic (exact) mass is 312 g/mol. The number of thiazole rings is 1. The molecular formula is C14H17ClN2O2S. The van der Waals surface area contributed by atoms with E-state index in [0.29, 0.717) is 30.8 Å². The van der Waals surface area contributed by atoms with E-state index in [1.807, 2.05) is 31.2 Å². The maximum absolute atomic E-state index is 5.81. The fraction of sp³-hybridized carbons (Fsp3) is 0.357. The Balaban J connectivity index is 1.90. The molecule has 0 unspecified atom stereocenters. The van der Waals surface area contributed by atoms with Gasteiger partial charge < -0.3 is 14.8 Å². The number of para-hydroxylation sites is 2. The summed E-state index contributed by atoms with van der Waals surface area (Å²) in [4.78, 5) is 5.10. The van der Waals surface area contributed by atoms with Gasteiger partial charge in [-0.1, -0.05) is 23.7 Å². The Morgan fingerprint density at radius 2 is 2.15 bits per heavy atom. The third-order valence-electron chi connectivity index (χ3n) is 2.55. The van der Waals surface area contributed by atoms with Crippen molar-refractivity contribution in [2.24, 2.45) is 0 Å². The van der Waals surface area contributed by atoms with Gasteiger partial charge in [0.25, 0.3) is 0 Å². The first-order valence-electron chi connectivity index (χ1n) is 6.43. The number of nitrogens with one attached hydrogen (secondary N) is 1. The second-order valence-electron chi connectivity index (χ2n) is 3.97. The van der Waals surface area contributed by atoms with Gasteiger partial charge >= 0.3 is 0 Å². The van der Waals surface area contributed by atoms with Crippen molar-refractivity contribution < 1.29 is 9.47 Å². The normalized spacial score (nSPS) is 10.5. The van der Waals surface area contributed by atoms with Crippen molar-refractivity contribution in [2.75, 3.05) is 25.1 Å². The third kappa shape index (κ3) is 4.67. The summed E-state index contributed by atoms with van der Waals surface area (Å²) in [5, 5.41) is 3.33. The van der Waals surface area contributed by atoms with E-state index in [9.17, 15) is 0 Å². The molecule has 0 aliphatic carbocycles. The summed E-state index contributed by atoms with van der Waals surface area (Å²) in [5.41, 5.74) is 0.952. The van der Waals surface area contributed by atoms with Gasteiger partial charge in [0.1, 0.15) is 12.4 Å². The molecule has 0 amide bonds. The zero-order valence-corrected chi connectivity index (χ0v) is 12.8. The molecule has 6 heteroatoms. The molecule has 2 aromatic rings. The molecule has 20 heavy (non-hydrogen) atoms. The molecule has 108 valence electrons. The van der Waals surface area contributed by atoms with Crippen LogP contribution in [0.1, 0.15) is 11.8 Å². The van der Waals surface area contributed by atoms with Crippen molar-refractivity contribution in [1.29, 1.82) is 0 Å². The lowest BCUT2D eigenvalue weighted by molar-refractivity contribution is 0.110. The van der Waals surface area contributed by atoms with Crippen LogP contribution in [0.25, 0.3) is 0 Å². The first-order chi connectivity index (χ1) is 9.79. The minimum absolute atomic E-state index is 0.541. The zero-order chi connectivity index (χ0) is 14.2.